The Bertz CT molecular complexity index is 717. The van der Waals surface area contributed by atoms with Gasteiger partial charge in [0.1, 0.15) is 0 Å². The van der Waals surface area contributed by atoms with Gasteiger partial charge in [-0.25, -0.2) is 0 Å². The molecular formula is C19H20F6. The first-order chi connectivity index (χ1) is 11.3. The lowest BCUT2D eigenvalue weighted by molar-refractivity contribution is -0.290. The van der Waals surface area contributed by atoms with Crippen LogP contribution in [0.4, 0.5) is 26.3 Å². The van der Waals surface area contributed by atoms with E-state index in [1.54, 1.807) is 20.8 Å². The molecule has 0 aliphatic heterocycles. The van der Waals surface area contributed by atoms with Gasteiger partial charge in [0, 0.05) is 0 Å². The number of hydrogen-bond acceptors (Lipinski definition) is 0. The van der Waals surface area contributed by atoms with Crippen LogP contribution in [-0.4, -0.2) is 12.4 Å². The third kappa shape index (κ3) is 3.11. The third-order valence-electron chi connectivity index (χ3n) is 5.11. The quantitative estimate of drug-likeness (QED) is 0.512. The number of hydrogen-bond donors (Lipinski definition) is 0. The van der Waals surface area contributed by atoms with E-state index in [-0.39, 0.29) is 12.8 Å². The van der Waals surface area contributed by atoms with Gasteiger partial charge in [0.05, 0.1) is 0 Å². The zero-order valence-corrected chi connectivity index (χ0v) is 14.5. The number of allylic oxidation sites excluding steroid dienone is 4. The van der Waals surface area contributed by atoms with E-state index in [9.17, 15) is 26.3 Å². The fourth-order valence-corrected chi connectivity index (χ4v) is 3.28. The highest BCUT2D eigenvalue weighted by Gasteiger charge is 2.73. The molecule has 0 unspecified atom stereocenters. The summed E-state index contributed by atoms with van der Waals surface area (Å²) in [7, 11) is 0. The molecule has 0 radical (unpaired) electrons. The van der Waals surface area contributed by atoms with Crippen molar-refractivity contribution in [1.82, 2.24) is 0 Å². The zero-order valence-electron chi connectivity index (χ0n) is 14.5. The molecule has 0 saturated carbocycles. The maximum Gasteiger partial charge on any atom is 0.410 e. The van der Waals surface area contributed by atoms with Gasteiger partial charge in [-0.15, -0.1) is 0 Å². The molecule has 0 aromatic heterocycles. The Labute approximate surface area is 143 Å². The zero-order chi connectivity index (χ0) is 19.2. The summed E-state index contributed by atoms with van der Waals surface area (Å²) in [5.74, 6) is 0. The van der Waals surface area contributed by atoms with Crippen molar-refractivity contribution in [2.75, 3.05) is 0 Å². The predicted octanol–water partition coefficient (Wildman–Crippen LogP) is 6.72. The number of rotatable bonds is 2. The third-order valence-corrected chi connectivity index (χ3v) is 5.11. The van der Waals surface area contributed by atoms with Gasteiger partial charge in [0.15, 0.2) is 0 Å². The van der Waals surface area contributed by atoms with Crippen LogP contribution in [0.5, 0.6) is 0 Å². The molecule has 0 saturated heterocycles. The molecule has 0 nitrogen and oxygen atoms in total. The van der Waals surface area contributed by atoms with Crippen LogP contribution in [0.25, 0.3) is 0 Å². The standard InChI is InChI=1S/C19H20F6/c1-11-5-7-15(9-13(11)3)17(18(20,21)22,19(23,24)25)16-8-6-12(2)14(4)10-16/h5,7,9-10H,6,8H2,1-4H3. The summed E-state index contributed by atoms with van der Waals surface area (Å²) < 4.78 is 84.1. The second kappa shape index (κ2) is 6.22. The van der Waals surface area contributed by atoms with Gasteiger partial charge in [0.2, 0.25) is 5.41 Å². The smallest absolute Gasteiger partial charge is 0.169 e. The van der Waals surface area contributed by atoms with Crippen molar-refractivity contribution in [2.24, 2.45) is 0 Å². The predicted molar refractivity (Wildman–Crippen MR) is 85.4 cm³/mol. The topological polar surface area (TPSA) is 0 Å². The van der Waals surface area contributed by atoms with Gasteiger partial charge in [0.25, 0.3) is 0 Å². The summed E-state index contributed by atoms with van der Waals surface area (Å²) >= 11 is 0. The van der Waals surface area contributed by atoms with E-state index in [1.807, 2.05) is 0 Å². The molecule has 0 amide bonds. The molecule has 6 heteroatoms. The lowest BCUT2D eigenvalue weighted by Crippen LogP contribution is -2.55. The second-order valence-electron chi connectivity index (χ2n) is 6.68. The molecule has 1 aromatic carbocycles. The van der Waals surface area contributed by atoms with Crippen LogP contribution in [-0.2, 0) is 5.41 Å². The van der Waals surface area contributed by atoms with Gasteiger partial charge in [-0.05, 0) is 62.8 Å². The molecule has 138 valence electrons. The second-order valence-corrected chi connectivity index (χ2v) is 6.68. The van der Waals surface area contributed by atoms with Crippen molar-refractivity contribution in [3.63, 3.8) is 0 Å². The Morgan fingerprint density at radius 2 is 1.32 bits per heavy atom. The van der Waals surface area contributed by atoms with Crippen LogP contribution in [0.15, 0.2) is 41.0 Å². The molecular weight excluding hydrogens is 342 g/mol. The first-order valence-corrected chi connectivity index (χ1v) is 7.91. The fourth-order valence-electron chi connectivity index (χ4n) is 3.28. The number of halogens is 6. The molecule has 1 aliphatic carbocycles. The highest BCUT2D eigenvalue weighted by molar-refractivity contribution is 5.48. The lowest BCUT2D eigenvalue weighted by Gasteiger charge is -2.41. The molecule has 25 heavy (non-hydrogen) atoms. The van der Waals surface area contributed by atoms with Crippen LogP contribution >= 0.6 is 0 Å². The molecule has 0 atom stereocenters. The van der Waals surface area contributed by atoms with Crippen molar-refractivity contribution in [2.45, 2.75) is 58.3 Å². The van der Waals surface area contributed by atoms with Gasteiger partial charge in [-0.3, -0.25) is 0 Å². The Morgan fingerprint density at radius 3 is 1.76 bits per heavy atom. The monoisotopic (exact) mass is 362 g/mol. The number of benzene rings is 1. The molecule has 2 rings (SSSR count). The minimum atomic E-state index is -5.50. The Kier molecular flexibility index (Phi) is 4.88. The average Bonchev–Trinajstić information content (AvgIpc) is 2.44. The minimum absolute atomic E-state index is 0.191. The molecule has 0 fully saturated rings. The van der Waals surface area contributed by atoms with E-state index in [2.05, 4.69) is 0 Å². The average molecular weight is 362 g/mol. The Hall–Kier alpha value is -1.72. The summed E-state index contributed by atoms with van der Waals surface area (Å²) in [6.45, 7) is 6.44. The molecule has 1 aliphatic rings. The molecule has 0 N–H and O–H groups in total. The lowest BCUT2D eigenvalue weighted by atomic mass is 9.68. The number of alkyl halides is 6. The maximum atomic E-state index is 14.0. The largest absolute Gasteiger partial charge is 0.410 e. The highest BCUT2D eigenvalue weighted by atomic mass is 19.4. The van der Waals surface area contributed by atoms with Gasteiger partial charge in [-0.2, -0.15) is 26.3 Å². The first kappa shape index (κ1) is 19.6. The van der Waals surface area contributed by atoms with Crippen LogP contribution in [0.2, 0.25) is 0 Å². The summed E-state index contributed by atoms with van der Waals surface area (Å²) in [6.07, 6.45) is -10.0. The van der Waals surface area contributed by atoms with Crippen molar-refractivity contribution >= 4 is 0 Å². The Morgan fingerprint density at radius 1 is 0.760 bits per heavy atom. The van der Waals surface area contributed by atoms with E-state index in [1.165, 1.54) is 13.0 Å². The van der Waals surface area contributed by atoms with E-state index in [0.29, 0.717) is 16.7 Å². The number of aryl methyl sites for hydroxylation is 2. The van der Waals surface area contributed by atoms with Crippen molar-refractivity contribution in [3.8, 4) is 0 Å². The first-order valence-electron chi connectivity index (χ1n) is 7.91. The summed E-state index contributed by atoms with van der Waals surface area (Å²) in [6, 6.07) is 3.27. The van der Waals surface area contributed by atoms with Crippen LogP contribution in [0.3, 0.4) is 0 Å². The minimum Gasteiger partial charge on any atom is -0.169 e. The van der Waals surface area contributed by atoms with Crippen LogP contribution in [0.1, 0.15) is 43.4 Å². The van der Waals surface area contributed by atoms with Crippen molar-refractivity contribution in [3.05, 3.63) is 57.7 Å². The summed E-state index contributed by atoms with van der Waals surface area (Å²) in [5.41, 5.74) is -3.08. The van der Waals surface area contributed by atoms with E-state index in [0.717, 1.165) is 23.8 Å². The van der Waals surface area contributed by atoms with Crippen LogP contribution in [0, 0.1) is 13.8 Å². The van der Waals surface area contributed by atoms with Crippen LogP contribution < -0.4 is 0 Å². The van der Waals surface area contributed by atoms with Crippen molar-refractivity contribution in [1.29, 1.82) is 0 Å². The van der Waals surface area contributed by atoms with E-state index in [4.69, 9.17) is 0 Å². The summed E-state index contributed by atoms with van der Waals surface area (Å²) in [4.78, 5) is 0. The molecule has 0 heterocycles. The summed E-state index contributed by atoms with van der Waals surface area (Å²) in [5, 5.41) is 0. The SMILES string of the molecule is CC1=C(C)CCC(C(c2ccc(C)c(C)c2)(C(F)(F)F)C(F)(F)F)=C1. The van der Waals surface area contributed by atoms with Crippen molar-refractivity contribution < 1.29 is 26.3 Å². The maximum absolute atomic E-state index is 14.0. The molecule has 1 aromatic rings. The van der Waals surface area contributed by atoms with E-state index >= 15 is 0 Å². The Balaban J connectivity index is 2.88. The molecule has 0 bridgehead atoms. The normalized spacial score (nSPS) is 17.0. The fraction of sp³-hybridized carbons (Fsp3) is 0.474. The van der Waals surface area contributed by atoms with Gasteiger partial charge < -0.3 is 0 Å². The van der Waals surface area contributed by atoms with E-state index < -0.39 is 28.9 Å². The highest BCUT2D eigenvalue weighted by Crippen LogP contribution is 2.58. The molecule has 0 spiro atoms. The van der Waals surface area contributed by atoms with Gasteiger partial charge >= 0.3 is 12.4 Å². The van der Waals surface area contributed by atoms with Gasteiger partial charge in [-0.1, -0.05) is 35.4 Å².